The summed E-state index contributed by atoms with van der Waals surface area (Å²) in [6, 6.07) is 7.09. The van der Waals surface area contributed by atoms with Crippen LogP contribution in [0.2, 0.25) is 0 Å². The standard InChI is InChI=1S/C19H19N5O4S3/c1-8-14(31-19-23-22-9(2)30-19)13(18(27)28)24-16(26)12(17(24)29-8)21-15(25)11(20)10-6-4-3-5-7-10/h3-8,11-12,17H,20H2,1-2H3,(H,21,25)(H,27,28)/t8?,11-,12?,17-/m1/s1. The second-order valence-corrected chi connectivity index (χ2v) is 10.9. The average molecular weight is 478 g/mol. The highest BCUT2D eigenvalue weighted by atomic mass is 32.2. The van der Waals surface area contributed by atoms with Gasteiger partial charge in [0, 0.05) is 10.2 Å². The van der Waals surface area contributed by atoms with Gasteiger partial charge >= 0.3 is 5.97 Å². The van der Waals surface area contributed by atoms with E-state index in [4.69, 9.17) is 5.73 Å². The molecule has 0 saturated carbocycles. The van der Waals surface area contributed by atoms with Crippen LogP contribution in [0.5, 0.6) is 0 Å². The number of nitrogens with one attached hydrogen (secondary N) is 1. The fraction of sp³-hybridized carbons (Fsp3) is 0.316. The number of thioether (sulfide) groups is 2. The number of aryl methyl sites for hydroxylation is 1. The molecule has 2 amide bonds. The molecule has 4 rings (SSSR count). The van der Waals surface area contributed by atoms with Gasteiger partial charge in [0.15, 0.2) is 4.34 Å². The number of aliphatic carboxylic acids is 1. The number of benzene rings is 1. The third-order valence-electron chi connectivity index (χ3n) is 4.88. The summed E-state index contributed by atoms with van der Waals surface area (Å²) in [5, 5.41) is 20.6. The van der Waals surface area contributed by atoms with E-state index in [9.17, 15) is 19.5 Å². The van der Waals surface area contributed by atoms with Crippen LogP contribution in [0.25, 0.3) is 0 Å². The molecule has 0 bridgehead atoms. The summed E-state index contributed by atoms with van der Waals surface area (Å²) in [6.07, 6.45) is 0. The normalized spacial score (nSPS) is 23.8. The van der Waals surface area contributed by atoms with Gasteiger partial charge in [-0.2, -0.15) is 0 Å². The molecule has 1 aromatic carbocycles. The van der Waals surface area contributed by atoms with Crippen molar-refractivity contribution in [3.05, 3.63) is 51.5 Å². The lowest BCUT2D eigenvalue weighted by Crippen LogP contribution is -2.71. The van der Waals surface area contributed by atoms with Gasteiger partial charge in [-0.15, -0.1) is 22.0 Å². The van der Waals surface area contributed by atoms with E-state index in [0.29, 0.717) is 14.8 Å². The molecule has 2 aliphatic rings. The van der Waals surface area contributed by atoms with Crippen molar-refractivity contribution in [1.29, 1.82) is 0 Å². The Kier molecular flexibility index (Phi) is 6.06. The van der Waals surface area contributed by atoms with E-state index >= 15 is 0 Å². The van der Waals surface area contributed by atoms with Crippen molar-refractivity contribution in [2.45, 2.75) is 40.9 Å². The van der Waals surface area contributed by atoms with Crippen molar-refractivity contribution in [3.8, 4) is 0 Å². The van der Waals surface area contributed by atoms with Crippen LogP contribution in [0.1, 0.15) is 23.5 Å². The van der Waals surface area contributed by atoms with E-state index < -0.39 is 35.2 Å². The van der Waals surface area contributed by atoms with E-state index in [2.05, 4.69) is 15.5 Å². The highest BCUT2D eigenvalue weighted by molar-refractivity contribution is 8.07. The molecule has 4 N–H and O–H groups in total. The van der Waals surface area contributed by atoms with Gasteiger partial charge in [0.1, 0.15) is 28.2 Å². The minimum absolute atomic E-state index is 0.0723. The maximum absolute atomic E-state index is 12.8. The Morgan fingerprint density at radius 3 is 2.61 bits per heavy atom. The number of nitrogens with two attached hydrogens (primary N) is 1. The number of β-lactam (4-membered cyclic amide) rings is 1. The van der Waals surface area contributed by atoms with Gasteiger partial charge in [0.05, 0.1) is 0 Å². The summed E-state index contributed by atoms with van der Waals surface area (Å²) in [4.78, 5) is 39.3. The minimum atomic E-state index is -1.19. The van der Waals surface area contributed by atoms with Crippen LogP contribution in [-0.4, -0.2) is 54.7 Å². The van der Waals surface area contributed by atoms with Gasteiger partial charge in [0.2, 0.25) is 5.91 Å². The molecular weight excluding hydrogens is 458 g/mol. The zero-order valence-corrected chi connectivity index (χ0v) is 19.0. The highest BCUT2D eigenvalue weighted by Crippen LogP contribution is 2.49. The number of hydrogen-bond donors (Lipinski definition) is 3. The summed E-state index contributed by atoms with van der Waals surface area (Å²) in [7, 11) is 0. The van der Waals surface area contributed by atoms with Gasteiger partial charge < -0.3 is 16.2 Å². The minimum Gasteiger partial charge on any atom is -0.477 e. The number of carbonyl (C=O) groups excluding carboxylic acids is 2. The number of rotatable bonds is 6. The second kappa shape index (κ2) is 8.61. The van der Waals surface area contributed by atoms with Crippen LogP contribution in [0.4, 0.5) is 0 Å². The maximum atomic E-state index is 12.8. The van der Waals surface area contributed by atoms with Gasteiger partial charge in [-0.25, -0.2) is 4.79 Å². The zero-order valence-electron chi connectivity index (χ0n) is 16.5. The van der Waals surface area contributed by atoms with E-state index in [1.54, 1.807) is 24.3 Å². The smallest absolute Gasteiger partial charge is 0.353 e. The number of aromatic nitrogens is 2. The van der Waals surface area contributed by atoms with Crippen molar-refractivity contribution >= 4 is 52.6 Å². The number of carboxylic acid groups (broad SMARTS) is 1. The third kappa shape index (κ3) is 4.07. The summed E-state index contributed by atoms with van der Waals surface area (Å²) in [6.45, 7) is 3.69. The lowest BCUT2D eigenvalue weighted by atomic mass is 10.0. The predicted octanol–water partition coefficient (Wildman–Crippen LogP) is 1.72. The molecule has 4 atom stereocenters. The van der Waals surface area contributed by atoms with Gasteiger partial charge in [-0.1, -0.05) is 53.4 Å². The molecule has 0 spiro atoms. The van der Waals surface area contributed by atoms with Crippen molar-refractivity contribution in [3.63, 3.8) is 0 Å². The van der Waals surface area contributed by atoms with Crippen LogP contribution < -0.4 is 11.1 Å². The number of nitrogens with zero attached hydrogens (tertiary/aromatic N) is 3. The maximum Gasteiger partial charge on any atom is 0.353 e. The summed E-state index contributed by atoms with van der Waals surface area (Å²) in [5.41, 5.74) is 6.59. The number of amides is 2. The van der Waals surface area contributed by atoms with Gasteiger partial charge in [-0.05, 0) is 19.4 Å². The van der Waals surface area contributed by atoms with Crippen molar-refractivity contribution in [1.82, 2.24) is 20.4 Å². The lowest BCUT2D eigenvalue weighted by molar-refractivity contribution is -0.150. The molecule has 2 aromatic rings. The molecule has 0 aliphatic carbocycles. The first-order chi connectivity index (χ1) is 14.8. The first-order valence-electron chi connectivity index (χ1n) is 9.32. The molecule has 3 heterocycles. The lowest BCUT2D eigenvalue weighted by Gasteiger charge is -2.50. The predicted molar refractivity (Wildman–Crippen MR) is 118 cm³/mol. The van der Waals surface area contributed by atoms with Crippen molar-refractivity contribution < 1.29 is 19.5 Å². The van der Waals surface area contributed by atoms with E-state index in [1.807, 2.05) is 19.9 Å². The Balaban J connectivity index is 1.54. The average Bonchev–Trinajstić information content (AvgIpc) is 3.17. The molecule has 12 heteroatoms. The molecule has 162 valence electrons. The van der Waals surface area contributed by atoms with Crippen LogP contribution in [0, 0.1) is 6.92 Å². The monoisotopic (exact) mass is 477 g/mol. The van der Waals surface area contributed by atoms with Crippen LogP contribution >= 0.6 is 34.9 Å². The number of hydrogen-bond acceptors (Lipinski definition) is 9. The van der Waals surface area contributed by atoms with Crippen molar-refractivity contribution in [2.24, 2.45) is 5.73 Å². The molecule has 9 nitrogen and oxygen atoms in total. The first-order valence-corrected chi connectivity index (χ1v) is 11.9. The topological polar surface area (TPSA) is 139 Å². The molecule has 2 unspecified atom stereocenters. The van der Waals surface area contributed by atoms with Crippen LogP contribution in [-0.2, 0) is 14.4 Å². The molecule has 1 saturated heterocycles. The Bertz CT molecular complexity index is 1070. The first kappa shape index (κ1) is 21.8. The molecule has 2 aliphatic heterocycles. The summed E-state index contributed by atoms with van der Waals surface area (Å²) in [5.74, 6) is -2.15. The largest absolute Gasteiger partial charge is 0.477 e. The Labute approximate surface area is 190 Å². The molecule has 0 radical (unpaired) electrons. The third-order valence-corrected chi connectivity index (χ3v) is 8.59. The Morgan fingerprint density at radius 2 is 2.00 bits per heavy atom. The Morgan fingerprint density at radius 1 is 1.29 bits per heavy atom. The van der Waals surface area contributed by atoms with E-state index in [-0.39, 0.29) is 10.9 Å². The number of carbonyl (C=O) groups is 3. The molecule has 31 heavy (non-hydrogen) atoms. The van der Waals surface area contributed by atoms with E-state index in [0.717, 1.165) is 5.01 Å². The molecule has 1 fully saturated rings. The quantitative estimate of drug-likeness (QED) is 0.531. The van der Waals surface area contributed by atoms with E-state index in [1.165, 1.54) is 39.8 Å². The zero-order chi connectivity index (χ0) is 22.3. The van der Waals surface area contributed by atoms with Crippen molar-refractivity contribution in [2.75, 3.05) is 0 Å². The van der Waals surface area contributed by atoms with Crippen LogP contribution in [0.3, 0.4) is 0 Å². The summed E-state index contributed by atoms with van der Waals surface area (Å²) < 4.78 is 0.615. The summed E-state index contributed by atoms with van der Waals surface area (Å²) >= 11 is 3.99. The van der Waals surface area contributed by atoms with Gasteiger partial charge in [0.25, 0.3) is 5.91 Å². The van der Waals surface area contributed by atoms with Gasteiger partial charge in [-0.3, -0.25) is 14.5 Å². The Hall–Kier alpha value is -2.41. The molecule has 1 aromatic heterocycles. The van der Waals surface area contributed by atoms with Crippen LogP contribution in [0.15, 0.2) is 45.3 Å². The molecular formula is C19H19N5O4S3. The highest BCUT2D eigenvalue weighted by Gasteiger charge is 2.56. The fourth-order valence-corrected chi connectivity index (χ4v) is 6.93. The SMILES string of the molecule is Cc1nnc(SC2=C(C(=O)O)N3C(=O)C(NC(=O)[C@H](N)c4ccccc4)[C@H]3SC2C)s1. The number of carboxylic acids is 1. The second-order valence-electron chi connectivity index (χ2n) is 6.96. The number of fused-ring (bicyclic) bond motifs is 1. The fourth-order valence-electron chi connectivity index (χ4n) is 3.36.